The first-order valence-electron chi connectivity index (χ1n) is 10.7. The summed E-state index contributed by atoms with van der Waals surface area (Å²) in [4.78, 5) is 8.77. The lowest BCUT2D eigenvalue weighted by Gasteiger charge is -2.05. The Morgan fingerprint density at radius 3 is 2.48 bits per heavy atom. The van der Waals surface area contributed by atoms with E-state index in [0.717, 1.165) is 39.9 Å². The fourth-order valence-corrected chi connectivity index (χ4v) is 3.95. The highest BCUT2D eigenvalue weighted by molar-refractivity contribution is 5.86. The minimum Gasteiger partial charge on any atom is -0.364 e. The summed E-state index contributed by atoms with van der Waals surface area (Å²) in [7, 11) is 0. The summed E-state index contributed by atoms with van der Waals surface area (Å²) in [6.45, 7) is 1.97. The molecule has 6 aromatic rings. The van der Waals surface area contributed by atoms with Crippen molar-refractivity contribution in [3.05, 3.63) is 96.3 Å². The first kappa shape index (κ1) is 19.2. The van der Waals surface area contributed by atoms with E-state index < -0.39 is 0 Å². The molecular formula is C24H21N9. The number of H-pyrrole nitrogens is 1. The number of hydrogen-bond acceptors (Lipinski definition) is 6. The van der Waals surface area contributed by atoms with Gasteiger partial charge in [-0.2, -0.15) is 15.3 Å². The molecule has 0 atom stereocenters. The molecule has 9 nitrogen and oxygen atoms in total. The Bertz CT molecular complexity index is 1510. The largest absolute Gasteiger partial charge is 0.364 e. The van der Waals surface area contributed by atoms with Crippen molar-refractivity contribution < 1.29 is 0 Å². The van der Waals surface area contributed by atoms with Crippen molar-refractivity contribution in [2.45, 2.75) is 19.6 Å². The molecular weight excluding hydrogens is 414 g/mol. The van der Waals surface area contributed by atoms with Gasteiger partial charge in [-0.05, 0) is 23.3 Å². The number of aromatic nitrogens is 8. The van der Waals surface area contributed by atoms with Gasteiger partial charge in [-0.3, -0.25) is 14.5 Å². The molecule has 0 fully saturated rings. The van der Waals surface area contributed by atoms with Gasteiger partial charge in [0.15, 0.2) is 5.65 Å². The molecule has 162 valence electrons. The Morgan fingerprint density at radius 2 is 1.67 bits per heavy atom. The molecule has 6 rings (SSSR count). The van der Waals surface area contributed by atoms with Crippen molar-refractivity contribution in [1.29, 1.82) is 0 Å². The fourth-order valence-electron chi connectivity index (χ4n) is 3.95. The van der Waals surface area contributed by atoms with Crippen LogP contribution in [0.2, 0.25) is 0 Å². The SMILES string of the molecule is c1ccc2c(CNc3ncnc4nn(Cc5ccc(Cn6cccn6)cc5)cc34)n[nH]c2c1. The number of aromatic amines is 1. The second-order valence-electron chi connectivity index (χ2n) is 7.88. The Kier molecular flexibility index (Phi) is 4.76. The van der Waals surface area contributed by atoms with Crippen molar-refractivity contribution in [1.82, 2.24) is 39.7 Å². The predicted octanol–water partition coefficient (Wildman–Crippen LogP) is 3.61. The molecule has 33 heavy (non-hydrogen) atoms. The first-order valence-corrected chi connectivity index (χ1v) is 10.7. The molecule has 0 radical (unpaired) electrons. The number of nitrogens with one attached hydrogen (secondary N) is 2. The lowest BCUT2D eigenvalue weighted by atomic mass is 10.1. The minimum atomic E-state index is 0.555. The molecule has 9 heteroatoms. The molecule has 2 aromatic carbocycles. The van der Waals surface area contributed by atoms with E-state index >= 15 is 0 Å². The Morgan fingerprint density at radius 1 is 0.848 bits per heavy atom. The highest BCUT2D eigenvalue weighted by Gasteiger charge is 2.11. The summed E-state index contributed by atoms with van der Waals surface area (Å²) >= 11 is 0. The summed E-state index contributed by atoms with van der Waals surface area (Å²) in [5.41, 5.74) is 4.99. The maximum absolute atomic E-state index is 4.64. The van der Waals surface area contributed by atoms with Crippen LogP contribution in [0.1, 0.15) is 16.8 Å². The molecule has 0 bridgehead atoms. The average Bonchev–Trinajstić information content (AvgIpc) is 3.59. The smallest absolute Gasteiger partial charge is 0.186 e. The topological polar surface area (TPSA) is 102 Å². The summed E-state index contributed by atoms with van der Waals surface area (Å²) in [6.07, 6.45) is 7.27. The zero-order valence-electron chi connectivity index (χ0n) is 17.8. The van der Waals surface area contributed by atoms with E-state index in [1.54, 1.807) is 6.20 Å². The Hall–Kier alpha value is -4.53. The van der Waals surface area contributed by atoms with Gasteiger partial charge in [0.05, 0.1) is 36.2 Å². The Balaban J connectivity index is 1.18. The second-order valence-corrected chi connectivity index (χ2v) is 7.88. The first-order chi connectivity index (χ1) is 16.3. The molecule has 0 aliphatic rings. The van der Waals surface area contributed by atoms with Crippen molar-refractivity contribution >= 4 is 27.8 Å². The van der Waals surface area contributed by atoms with E-state index in [-0.39, 0.29) is 0 Å². The number of fused-ring (bicyclic) bond motifs is 2. The van der Waals surface area contributed by atoms with Crippen molar-refractivity contribution in [2.24, 2.45) is 0 Å². The molecule has 0 unspecified atom stereocenters. The van der Waals surface area contributed by atoms with E-state index in [0.29, 0.717) is 18.7 Å². The summed E-state index contributed by atoms with van der Waals surface area (Å²) in [5, 5.41) is 21.8. The van der Waals surface area contributed by atoms with Crippen molar-refractivity contribution in [2.75, 3.05) is 5.32 Å². The molecule has 0 spiro atoms. The molecule has 4 heterocycles. The quantitative estimate of drug-likeness (QED) is 0.397. The van der Waals surface area contributed by atoms with Crippen molar-refractivity contribution in [3.63, 3.8) is 0 Å². The van der Waals surface area contributed by atoms with Crippen LogP contribution in [-0.4, -0.2) is 39.7 Å². The van der Waals surface area contributed by atoms with Crippen LogP contribution >= 0.6 is 0 Å². The third-order valence-electron chi connectivity index (χ3n) is 5.61. The third kappa shape index (κ3) is 3.91. The van der Waals surface area contributed by atoms with Gasteiger partial charge in [-0.1, -0.05) is 42.5 Å². The summed E-state index contributed by atoms with van der Waals surface area (Å²) in [6, 6.07) is 18.5. The van der Waals surface area contributed by atoms with Gasteiger partial charge in [0.25, 0.3) is 0 Å². The number of nitrogens with zero attached hydrogens (tertiary/aromatic N) is 7. The lowest BCUT2D eigenvalue weighted by Crippen LogP contribution is -2.03. The standard InChI is InChI=1S/C24H21N9/c1-2-5-21-19(4-1)22(30-29-21)12-25-23-20-15-33(31-24(20)27-16-26-23)14-18-8-6-17(7-9-18)13-32-11-3-10-28-32/h1-11,15-16H,12-14H2,(H,29,30)(H,25,26,27,31). The van der Waals surface area contributed by atoms with E-state index in [1.807, 2.05) is 46.0 Å². The zero-order chi connectivity index (χ0) is 22.0. The fraction of sp³-hybridized carbons (Fsp3) is 0.125. The van der Waals surface area contributed by atoms with Gasteiger partial charge in [-0.15, -0.1) is 0 Å². The third-order valence-corrected chi connectivity index (χ3v) is 5.61. The maximum atomic E-state index is 4.64. The number of rotatable bonds is 7. The van der Waals surface area contributed by atoms with Gasteiger partial charge < -0.3 is 5.32 Å². The van der Waals surface area contributed by atoms with E-state index in [4.69, 9.17) is 0 Å². The maximum Gasteiger partial charge on any atom is 0.186 e. The average molecular weight is 435 g/mol. The number of hydrogen-bond donors (Lipinski definition) is 2. The van der Waals surface area contributed by atoms with E-state index in [2.05, 4.69) is 66.0 Å². The predicted molar refractivity (Wildman–Crippen MR) is 126 cm³/mol. The molecule has 2 N–H and O–H groups in total. The molecule has 0 saturated carbocycles. The molecule has 0 saturated heterocycles. The number of para-hydroxylation sites is 1. The van der Waals surface area contributed by atoms with Crippen LogP contribution in [0, 0.1) is 0 Å². The highest BCUT2D eigenvalue weighted by Crippen LogP contribution is 2.21. The number of anilines is 1. The summed E-state index contributed by atoms with van der Waals surface area (Å²) in [5.74, 6) is 0.743. The van der Waals surface area contributed by atoms with Gasteiger partial charge >= 0.3 is 0 Å². The molecule has 0 aliphatic carbocycles. The minimum absolute atomic E-state index is 0.555. The number of benzene rings is 2. The zero-order valence-corrected chi connectivity index (χ0v) is 17.8. The van der Waals surface area contributed by atoms with Crippen LogP contribution in [0.5, 0.6) is 0 Å². The molecule has 0 aliphatic heterocycles. The monoisotopic (exact) mass is 435 g/mol. The Labute approximate surface area is 189 Å². The normalized spacial score (nSPS) is 11.4. The lowest BCUT2D eigenvalue weighted by molar-refractivity contribution is 0.681. The van der Waals surface area contributed by atoms with Crippen LogP contribution in [0.4, 0.5) is 5.82 Å². The van der Waals surface area contributed by atoms with Crippen molar-refractivity contribution in [3.8, 4) is 0 Å². The van der Waals surface area contributed by atoms with E-state index in [9.17, 15) is 0 Å². The van der Waals surface area contributed by atoms with Gasteiger partial charge in [0, 0.05) is 24.0 Å². The molecule has 0 amide bonds. The summed E-state index contributed by atoms with van der Waals surface area (Å²) < 4.78 is 3.81. The van der Waals surface area contributed by atoms with Crippen LogP contribution < -0.4 is 5.32 Å². The van der Waals surface area contributed by atoms with Gasteiger partial charge in [-0.25, -0.2) is 9.97 Å². The van der Waals surface area contributed by atoms with Crippen LogP contribution in [-0.2, 0) is 19.6 Å². The van der Waals surface area contributed by atoms with Gasteiger partial charge in [0.1, 0.15) is 12.1 Å². The molecule has 4 aromatic heterocycles. The van der Waals surface area contributed by atoms with Crippen LogP contribution in [0.15, 0.2) is 79.5 Å². The van der Waals surface area contributed by atoms with Crippen LogP contribution in [0.25, 0.3) is 21.9 Å². The van der Waals surface area contributed by atoms with Gasteiger partial charge in [0.2, 0.25) is 0 Å². The van der Waals surface area contributed by atoms with E-state index in [1.165, 1.54) is 11.9 Å². The highest BCUT2D eigenvalue weighted by atomic mass is 15.3. The van der Waals surface area contributed by atoms with Crippen LogP contribution in [0.3, 0.4) is 0 Å². The second kappa shape index (κ2) is 8.19.